The molecule has 140 valence electrons. The van der Waals surface area contributed by atoms with Crippen LogP contribution in [-0.4, -0.2) is 38.0 Å². The fraction of sp³-hybridized carbons (Fsp3) is 0.316. The molecule has 0 aliphatic carbocycles. The highest BCUT2D eigenvalue weighted by molar-refractivity contribution is 7.88. The number of carbonyl (C=O) groups is 1. The predicted octanol–water partition coefficient (Wildman–Crippen LogP) is 2.34. The Bertz CT molecular complexity index is 826. The first-order valence-corrected chi connectivity index (χ1v) is 10.2. The van der Waals surface area contributed by atoms with Crippen molar-refractivity contribution in [2.45, 2.75) is 19.4 Å². The van der Waals surface area contributed by atoms with Gasteiger partial charge in [-0.3, -0.25) is 4.79 Å². The summed E-state index contributed by atoms with van der Waals surface area (Å²) in [6, 6.07) is 15.8. The third-order valence-corrected chi connectivity index (χ3v) is 5.19. The molecule has 2 rings (SSSR count). The van der Waals surface area contributed by atoms with Crippen molar-refractivity contribution < 1.29 is 17.6 Å². The summed E-state index contributed by atoms with van der Waals surface area (Å²) in [6.45, 7) is 0.391. The molecule has 0 saturated heterocycles. The van der Waals surface area contributed by atoms with E-state index >= 15 is 0 Å². The van der Waals surface area contributed by atoms with Crippen LogP contribution in [0.3, 0.4) is 0 Å². The quantitative estimate of drug-likeness (QED) is 0.728. The van der Waals surface area contributed by atoms with Crippen LogP contribution in [0.1, 0.15) is 17.5 Å². The van der Waals surface area contributed by atoms with Crippen molar-refractivity contribution >= 4 is 15.9 Å². The van der Waals surface area contributed by atoms with E-state index in [1.54, 1.807) is 12.1 Å². The third-order valence-electron chi connectivity index (χ3n) is 3.94. The van der Waals surface area contributed by atoms with Gasteiger partial charge in [0.2, 0.25) is 15.9 Å². The Labute approximate surface area is 153 Å². The van der Waals surface area contributed by atoms with E-state index in [1.165, 1.54) is 12.1 Å². The van der Waals surface area contributed by atoms with Gasteiger partial charge >= 0.3 is 0 Å². The summed E-state index contributed by atoms with van der Waals surface area (Å²) in [6.07, 6.45) is 1.79. The first kappa shape index (κ1) is 20.1. The Kier molecular flexibility index (Phi) is 7.29. The highest BCUT2D eigenvalue weighted by Gasteiger charge is 2.19. The lowest BCUT2D eigenvalue weighted by atomic mass is 10.1. The van der Waals surface area contributed by atoms with Crippen LogP contribution in [-0.2, 0) is 27.8 Å². The number of carbonyl (C=O) groups excluding carboxylic acids is 1. The van der Waals surface area contributed by atoms with Gasteiger partial charge in [-0.15, -0.1) is 0 Å². The summed E-state index contributed by atoms with van der Waals surface area (Å²) in [7, 11) is -3.55. The lowest BCUT2D eigenvalue weighted by Gasteiger charge is -2.20. The number of benzene rings is 2. The molecule has 7 heteroatoms. The molecule has 2 aromatic carbocycles. The zero-order valence-electron chi connectivity index (χ0n) is 14.7. The average molecular weight is 378 g/mol. The molecule has 0 aromatic heterocycles. The zero-order chi connectivity index (χ0) is 19.0. The fourth-order valence-corrected chi connectivity index (χ4v) is 3.28. The van der Waals surface area contributed by atoms with Crippen molar-refractivity contribution in [2.75, 3.05) is 19.3 Å². The van der Waals surface area contributed by atoms with Gasteiger partial charge in [-0.25, -0.2) is 12.8 Å². The molecule has 2 aromatic rings. The van der Waals surface area contributed by atoms with Crippen LogP contribution in [0.15, 0.2) is 54.6 Å². The van der Waals surface area contributed by atoms with Crippen molar-refractivity contribution in [3.8, 4) is 0 Å². The van der Waals surface area contributed by atoms with Gasteiger partial charge in [0.05, 0.1) is 6.26 Å². The Morgan fingerprint density at radius 1 is 1.08 bits per heavy atom. The smallest absolute Gasteiger partial charge is 0.221 e. The lowest BCUT2D eigenvalue weighted by Crippen LogP contribution is -2.35. The van der Waals surface area contributed by atoms with Gasteiger partial charge < -0.3 is 5.32 Å². The van der Waals surface area contributed by atoms with E-state index in [0.29, 0.717) is 13.0 Å². The van der Waals surface area contributed by atoms with Crippen molar-refractivity contribution in [3.05, 3.63) is 71.5 Å². The number of sulfonamides is 1. The summed E-state index contributed by atoms with van der Waals surface area (Å²) >= 11 is 0. The molecule has 0 saturated carbocycles. The van der Waals surface area contributed by atoms with Gasteiger partial charge in [-0.05, 0) is 18.1 Å². The molecule has 0 spiro atoms. The number of nitrogens with one attached hydrogen (secondary N) is 1. The standard InChI is InChI=1S/C19H23FN2O3S/c1-26(24,25)22(15-17-9-5-6-10-18(17)20)14-12-19(23)21-13-11-16-7-3-2-4-8-16/h2-10H,11-15H2,1H3,(H,21,23). The topological polar surface area (TPSA) is 66.5 Å². The monoisotopic (exact) mass is 378 g/mol. The molecule has 0 radical (unpaired) electrons. The maximum atomic E-state index is 13.8. The number of nitrogens with zero attached hydrogens (tertiary/aromatic N) is 1. The molecule has 0 fully saturated rings. The first-order valence-electron chi connectivity index (χ1n) is 8.35. The summed E-state index contributed by atoms with van der Waals surface area (Å²) in [4.78, 5) is 12.0. The van der Waals surface area contributed by atoms with E-state index in [4.69, 9.17) is 0 Å². The Morgan fingerprint density at radius 2 is 1.73 bits per heavy atom. The van der Waals surface area contributed by atoms with Crippen molar-refractivity contribution in [1.29, 1.82) is 0 Å². The highest BCUT2D eigenvalue weighted by atomic mass is 32.2. The molecule has 1 amide bonds. The van der Waals surface area contributed by atoms with Crippen LogP contribution < -0.4 is 5.32 Å². The minimum absolute atomic E-state index is 0.00430. The van der Waals surface area contributed by atoms with Crippen molar-refractivity contribution in [1.82, 2.24) is 9.62 Å². The molecule has 5 nitrogen and oxygen atoms in total. The molecule has 0 bridgehead atoms. The maximum absolute atomic E-state index is 13.8. The number of halogens is 1. The van der Waals surface area contributed by atoms with Crippen molar-refractivity contribution in [3.63, 3.8) is 0 Å². The van der Waals surface area contributed by atoms with E-state index in [-0.39, 0.29) is 31.0 Å². The van der Waals surface area contributed by atoms with Gasteiger partial charge in [0.1, 0.15) is 5.82 Å². The van der Waals surface area contributed by atoms with Gasteiger partial charge in [-0.2, -0.15) is 4.31 Å². The summed E-state index contributed by atoms with van der Waals surface area (Å²) < 4.78 is 38.7. The van der Waals surface area contributed by atoms with Crippen LogP contribution in [0.5, 0.6) is 0 Å². The molecular weight excluding hydrogens is 355 g/mol. The summed E-state index contributed by atoms with van der Waals surface area (Å²) in [5.41, 5.74) is 1.40. The molecular formula is C19H23FN2O3S. The lowest BCUT2D eigenvalue weighted by molar-refractivity contribution is -0.121. The van der Waals surface area contributed by atoms with Crippen LogP contribution in [0.2, 0.25) is 0 Å². The second-order valence-electron chi connectivity index (χ2n) is 6.02. The van der Waals surface area contributed by atoms with Crippen LogP contribution in [0.4, 0.5) is 4.39 Å². The van der Waals surface area contributed by atoms with E-state index in [9.17, 15) is 17.6 Å². The number of rotatable bonds is 9. The maximum Gasteiger partial charge on any atom is 0.221 e. The van der Waals surface area contributed by atoms with E-state index < -0.39 is 15.8 Å². The summed E-state index contributed by atoms with van der Waals surface area (Å²) in [5.74, 6) is -0.698. The van der Waals surface area contributed by atoms with Crippen LogP contribution in [0, 0.1) is 5.82 Å². The predicted molar refractivity (Wildman–Crippen MR) is 99.4 cm³/mol. The minimum Gasteiger partial charge on any atom is -0.356 e. The second kappa shape index (κ2) is 9.45. The second-order valence-corrected chi connectivity index (χ2v) is 8.01. The molecule has 1 N–H and O–H groups in total. The zero-order valence-corrected chi connectivity index (χ0v) is 15.5. The molecule has 0 unspecified atom stereocenters. The van der Waals surface area contributed by atoms with Crippen LogP contribution in [0.25, 0.3) is 0 Å². The highest BCUT2D eigenvalue weighted by Crippen LogP contribution is 2.12. The molecule has 0 aliphatic rings. The normalized spacial score (nSPS) is 11.5. The molecule has 0 aliphatic heterocycles. The van der Waals surface area contributed by atoms with Gasteiger partial charge in [-0.1, -0.05) is 48.5 Å². The molecule has 0 atom stereocenters. The van der Waals surface area contributed by atoms with Crippen LogP contribution >= 0.6 is 0 Å². The number of hydrogen-bond donors (Lipinski definition) is 1. The van der Waals surface area contributed by atoms with Gasteiger partial charge in [0.25, 0.3) is 0 Å². The fourth-order valence-electron chi connectivity index (χ4n) is 2.48. The van der Waals surface area contributed by atoms with E-state index in [0.717, 1.165) is 16.1 Å². The number of amides is 1. The van der Waals surface area contributed by atoms with Crippen molar-refractivity contribution in [2.24, 2.45) is 0 Å². The van der Waals surface area contributed by atoms with Gasteiger partial charge in [0.15, 0.2) is 0 Å². The molecule has 26 heavy (non-hydrogen) atoms. The van der Waals surface area contributed by atoms with Gasteiger partial charge in [0, 0.05) is 31.6 Å². The Hall–Kier alpha value is -2.25. The summed E-state index contributed by atoms with van der Waals surface area (Å²) in [5, 5.41) is 2.78. The largest absolute Gasteiger partial charge is 0.356 e. The average Bonchev–Trinajstić information content (AvgIpc) is 2.60. The molecule has 0 heterocycles. The SMILES string of the molecule is CS(=O)(=O)N(CCC(=O)NCCc1ccccc1)Cc1ccccc1F. The van der Waals surface area contributed by atoms with E-state index in [1.807, 2.05) is 30.3 Å². The Morgan fingerprint density at radius 3 is 2.38 bits per heavy atom. The minimum atomic E-state index is -3.55. The Balaban J connectivity index is 1.85. The van der Waals surface area contributed by atoms with E-state index in [2.05, 4.69) is 5.32 Å². The first-order chi connectivity index (χ1) is 12.4. The number of hydrogen-bond acceptors (Lipinski definition) is 3. The third kappa shape index (κ3) is 6.57.